The molecule has 0 spiro atoms. The minimum absolute atomic E-state index is 0.0874. The van der Waals surface area contributed by atoms with E-state index in [0.29, 0.717) is 30.8 Å². The van der Waals surface area contributed by atoms with E-state index in [9.17, 15) is 9.59 Å². The van der Waals surface area contributed by atoms with Gasteiger partial charge in [0.2, 0.25) is 0 Å². The van der Waals surface area contributed by atoms with Crippen LogP contribution < -0.4 is 5.32 Å². The molecule has 0 unspecified atom stereocenters. The van der Waals surface area contributed by atoms with Crippen LogP contribution in [0.4, 0.5) is 0 Å². The molecule has 0 saturated heterocycles. The second kappa shape index (κ2) is 9.52. The first kappa shape index (κ1) is 18.6. The second-order valence-corrected chi connectivity index (χ2v) is 5.76. The van der Waals surface area contributed by atoms with Crippen LogP contribution in [0.3, 0.4) is 0 Å². The van der Waals surface area contributed by atoms with E-state index < -0.39 is 0 Å². The third-order valence-corrected chi connectivity index (χ3v) is 3.68. The van der Waals surface area contributed by atoms with Gasteiger partial charge in [0.25, 0.3) is 11.8 Å². The standard InChI is InChI=1S/C19H24N4O2/c1-3-9-23(10-4-2)19(25)16-11-15(12-20-13-16)18(24)22-14-17-7-5-6-8-21-17/h5-8,11-13H,3-4,9-10,14H2,1-2H3,(H,22,24). The highest BCUT2D eigenvalue weighted by atomic mass is 16.2. The van der Waals surface area contributed by atoms with Gasteiger partial charge in [0, 0.05) is 31.7 Å². The van der Waals surface area contributed by atoms with Crippen molar-refractivity contribution in [2.75, 3.05) is 13.1 Å². The van der Waals surface area contributed by atoms with Gasteiger partial charge in [-0.2, -0.15) is 0 Å². The summed E-state index contributed by atoms with van der Waals surface area (Å²) >= 11 is 0. The number of rotatable bonds is 8. The van der Waals surface area contributed by atoms with E-state index in [0.717, 1.165) is 18.5 Å². The molecule has 0 saturated carbocycles. The molecule has 0 bridgehead atoms. The van der Waals surface area contributed by atoms with Gasteiger partial charge in [-0.05, 0) is 31.0 Å². The van der Waals surface area contributed by atoms with Gasteiger partial charge in [0.1, 0.15) is 0 Å². The topological polar surface area (TPSA) is 75.2 Å². The Balaban J connectivity index is 2.06. The molecule has 2 amide bonds. The van der Waals surface area contributed by atoms with Crippen molar-refractivity contribution in [3.8, 4) is 0 Å². The third kappa shape index (κ3) is 5.38. The minimum atomic E-state index is -0.273. The van der Waals surface area contributed by atoms with Gasteiger partial charge in [-0.3, -0.25) is 19.6 Å². The summed E-state index contributed by atoms with van der Waals surface area (Å²) in [7, 11) is 0. The summed E-state index contributed by atoms with van der Waals surface area (Å²) in [6.07, 6.45) is 6.44. The van der Waals surface area contributed by atoms with Crippen LogP contribution in [0.2, 0.25) is 0 Å². The Kier molecular flexibility index (Phi) is 7.07. The number of aromatic nitrogens is 2. The monoisotopic (exact) mass is 340 g/mol. The van der Waals surface area contributed by atoms with Crippen molar-refractivity contribution in [3.05, 3.63) is 59.7 Å². The van der Waals surface area contributed by atoms with Gasteiger partial charge in [-0.1, -0.05) is 19.9 Å². The van der Waals surface area contributed by atoms with Crippen LogP contribution >= 0.6 is 0 Å². The van der Waals surface area contributed by atoms with E-state index in [1.165, 1.54) is 12.4 Å². The Morgan fingerprint density at radius 3 is 2.44 bits per heavy atom. The Labute approximate surface area is 148 Å². The van der Waals surface area contributed by atoms with Crippen molar-refractivity contribution < 1.29 is 9.59 Å². The summed E-state index contributed by atoms with van der Waals surface area (Å²) < 4.78 is 0. The number of nitrogens with one attached hydrogen (secondary N) is 1. The number of hydrogen-bond donors (Lipinski definition) is 1. The molecule has 0 aliphatic rings. The predicted molar refractivity (Wildman–Crippen MR) is 96.1 cm³/mol. The third-order valence-electron chi connectivity index (χ3n) is 3.68. The quantitative estimate of drug-likeness (QED) is 0.802. The lowest BCUT2D eigenvalue weighted by molar-refractivity contribution is 0.0755. The van der Waals surface area contributed by atoms with Crippen LogP contribution in [-0.4, -0.2) is 39.8 Å². The lowest BCUT2D eigenvalue weighted by atomic mass is 10.1. The lowest BCUT2D eigenvalue weighted by Gasteiger charge is -2.21. The minimum Gasteiger partial charge on any atom is -0.346 e. The molecule has 0 aliphatic carbocycles. The highest BCUT2D eigenvalue weighted by Gasteiger charge is 2.16. The van der Waals surface area contributed by atoms with Gasteiger partial charge in [0.05, 0.1) is 23.4 Å². The van der Waals surface area contributed by atoms with Crippen molar-refractivity contribution >= 4 is 11.8 Å². The summed E-state index contributed by atoms with van der Waals surface area (Å²) in [6.45, 7) is 5.80. The van der Waals surface area contributed by atoms with E-state index in [1.807, 2.05) is 32.0 Å². The Morgan fingerprint density at radius 1 is 1.08 bits per heavy atom. The Bertz CT molecular complexity index is 698. The largest absolute Gasteiger partial charge is 0.346 e. The highest BCUT2D eigenvalue weighted by molar-refractivity contribution is 5.99. The number of amides is 2. The van der Waals surface area contributed by atoms with E-state index in [4.69, 9.17) is 0 Å². The molecule has 2 rings (SSSR count). The maximum Gasteiger partial charge on any atom is 0.255 e. The number of carbonyl (C=O) groups is 2. The van der Waals surface area contributed by atoms with E-state index in [-0.39, 0.29) is 11.8 Å². The molecule has 2 heterocycles. The molecule has 0 aliphatic heterocycles. The fraction of sp³-hybridized carbons (Fsp3) is 0.368. The summed E-state index contributed by atoms with van der Waals surface area (Å²) in [5, 5.41) is 2.79. The molecular formula is C19H24N4O2. The first-order valence-corrected chi connectivity index (χ1v) is 8.58. The average molecular weight is 340 g/mol. The van der Waals surface area contributed by atoms with Crippen LogP contribution in [0.15, 0.2) is 42.9 Å². The van der Waals surface area contributed by atoms with Crippen molar-refractivity contribution in [1.82, 2.24) is 20.2 Å². The lowest BCUT2D eigenvalue weighted by Crippen LogP contribution is -2.33. The van der Waals surface area contributed by atoms with Gasteiger partial charge in [0.15, 0.2) is 0 Å². The molecule has 0 atom stereocenters. The maximum atomic E-state index is 12.6. The number of pyridine rings is 2. The van der Waals surface area contributed by atoms with Gasteiger partial charge in [-0.15, -0.1) is 0 Å². The van der Waals surface area contributed by atoms with Crippen molar-refractivity contribution in [1.29, 1.82) is 0 Å². The normalized spacial score (nSPS) is 10.3. The molecule has 0 aromatic carbocycles. The van der Waals surface area contributed by atoms with E-state index >= 15 is 0 Å². The zero-order chi connectivity index (χ0) is 18.1. The molecular weight excluding hydrogens is 316 g/mol. The van der Waals surface area contributed by atoms with Gasteiger partial charge >= 0.3 is 0 Å². The Hall–Kier alpha value is -2.76. The summed E-state index contributed by atoms with van der Waals surface area (Å²) in [5.74, 6) is -0.360. The summed E-state index contributed by atoms with van der Waals surface area (Å²) in [6, 6.07) is 7.13. The van der Waals surface area contributed by atoms with Crippen molar-refractivity contribution in [2.45, 2.75) is 33.2 Å². The highest BCUT2D eigenvalue weighted by Crippen LogP contribution is 2.09. The van der Waals surface area contributed by atoms with Crippen LogP contribution in [0.5, 0.6) is 0 Å². The summed E-state index contributed by atoms with van der Waals surface area (Å²) in [5.41, 5.74) is 1.58. The first-order chi connectivity index (χ1) is 12.2. The van der Waals surface area contributed by atoms with Crippen LogP contribution in [0.1, 0.15) is 53.1 Å². The van der Waals surface area contributed by atoms with Crippen molar-refractivity contribution in [3.63, 3.8) is 0 Å². The molecule has 2 aromatic heterocycles. The van der Waals surface area contributed by atoms with Gasteiger partial charge < -0.3 is 10.2 Å². The molecule has 0 radical (unpaired) electrons. The van der Waals surface area contributed by atoms with Gasteiger partial charge in [-0.25, -0.2) is 0 Å². The molecule has 0 fully saturated rings. The fourth-order valence-electron chi connectivity index (χ4n) is 2.49. The molecule has 1 N–H and O–H groups in total. The summed E-state index contributed by atoms with van der Waals surface area (Å²) in [4.78, 5) is 35.0. The average Bonchev–Trinajstić information content (AvgIpc) is 2.66. The maximum absolute atomic E-state index is 12.6. The fourth-order valence-corrected chi connectivity index (χ4v) is 2.49. The zero-order valence-electron chi connectivity index (χ0n) is 14.7. The zero-order valence-corrected chi connectivity index (χ0v) is 14.7. The molecule has 25 heavy (non-hydrogen) atoms. The first-order valence-electron chi connectivity index (χ1n) is 8.58. The van der Waals surface area contributed by atoms with Crippen LogP contribution in [0, 0.1) is 0 Å². The Morgan fingerprint density at radius 2 is 1.80 bits per heavy atom. The SMILES string of the molecule is CCCN(CCC)C(=O)c1cncc(C(=O)NCc2ccccn2)c1. The number of nitrogens with zero attached hydrogens (tertiary/aromatic N) is 3. The smallest absolute Gasteiger partial charge is 0.255 e. The number of hydrogen-bond acceptors (Lipinski definition) is 4. The van der Waals surface area contributed by atoms with E-state index in [2.05, 4.69) is 15.3 Å². The van der Waals surface area contributed by atoms with E-state index in [1.54, 1.807) is 17.2 Å². The molecule has 2 aromatic rings. The molecule has 6 nitrogen and oxygen atoms in total. The van der Waals surface area contributed by atoms with Crippen molar-refractivity contribution in [2.24, 2.45) is 0 Å². The van der Waals surface area contributed by atoms with Crippen LogP contribution in [-0.2, 0) is 6.54 Å². The molecule has 132 valence electrons. The molecule has 6 heteroatoms. The predicted octanol–water partition coefficient (Wildman–Crippen LogP) is 2.67. The van der Waals surface area contributed by atoms with Crippen LogP contribution in [0.25, 0.3) is 0 Å². The number of carbonyl (C=O) groups excluding carboxylic acids is 2. The second-order valence-electron chi connectivity index (χ2n) is 5.76.